The SMILES string of the molecule is CC(C)(C)c1ccc(O)c2nc(Oc3[c-]c4c(cc3)c3ccccc3n4-c3cc(-c4ccccc4)c(-c4ccccc4)cn3)ccc12.[Pt]. The summed E-state index contributed by atoms with van der Waals surface area (Å²) in [6.45, 7) is 6.46. The molecule has 5 nitrogen and oxygen atoms in total. The number of aromatic hydroxyl groups is 1. The van der Waals surface area contributed by atoms with Gasteiger partial charge in [-0.25, -0.2) is 9.97 Å². The van der Waals surface area contributed by atoms with Gasteiger partial charge in [-0.2, -0.15) is 6.07 Å². The molecular weight excluding hydrogens is 774 g/mol. The molecule has 6 heteroatoms. The van der Waals surface area contributed by atoms with Crippen molar-refractivity contribution >= 4 is 32.7 Å². The molecule has 0 fully saturated rings. The fourth-order valence-electron chi connectivity index (χ4n) is 6.45. The number of rotatable bonds is 5. The summed E-state index contributed by atoms with van der Waals surface area (Å²) >= 11 is 0. The van der Waals surface area contributed by atoms with Crippen molar-refractivity contribution < 1.29 is 30.9 Å². The van der Waals surface area contributed by atoms with Gasteiger partial charge in [0.2, 0.25) is 5.88 Å². The molecule has 5 aromatic carbocycles. The standard InChI is InChI=1S/C42H32N3O2.Pt/c1-42(2,3)35-21-22-38(46)41-32(35)20-23-40(44-41)47-29-18-19-31-30-16-10-11-17-36(30)45(37(31)24-29)39-25-33(27-12-6-4-7-13-27)34(26-43-39)28-14-8-5-9-15-28;/h4-23,25-26,46H,1-3H3;/q-1;. The molecule has 3 heterocycles. The Morgan fingerprint density at radius 2 is 1.35 bits per heavy atom. The van der Waals surface area contributed by atoms with Crippen LogP contribution in [0.2, 0.25) is 0 Å². The minimum atomic E-state index is -0.101. The molecule has 0 saturated carbocycles. The topological polar surface area (TPSA) is 60.2 Å². The van der Waals surface area contributed by atoms with E-state index in [0.717, 1.165) is 60.8 Å². The van der Waals surface area contributed by atoms with Crippen molar-refractivity contribution in [3.63, 3.8) is 0 Å². The molecule has 0 atom stereocenters. The molecule has 0 amide bonds. The molecule has 0 bridgehead atoms. The van der Waals surface area contributed by atoms with Gasteiger partial charge >= 0.3 is 0 Å². The van der Waals surface area contributed by atoms with Gasteiger partial charge in [-0.15, -0.1) is 17.5 Å². The summed E-state index contributed by atoms with van der Waals surface area (Å²) < 4.78 is 8.47. The van der Waals surface area contributed by atoms with E-state index in [9.17, 15) is 5.11 Å². The van der Waals surface area contributed by atoms with Crippen molar-refractivity contribution in [2.45, 2.75) is 26.2 Å². The summed E-state index contributed by atoms with van der Waals surface area (Å²) in [7, 11) is 0. The summed E-state index contributed by atoms with van der Waals surface area (Å²) in [6, 6.07) is 46.3. The number of hydrogen-bond donors (Lipinski definition) is 1. The zero-order valence-electron chi connectivity index (χ0n) is 26.7. The summed E-state index contributed by atoms with van der Waals surface area (Å²) in [6.07, 6.45) is 1.96. The zero-order chi connectivity index (χ0) is 32.1. The summed E-state index contributed by atoms with van der Waals surface area (Å²) in [5.74, 6) is 1.81. The molecule has 0 aliphatic rings. The van der Waals surface area contributed by atoms with Gasteiger partial charge in [-0.05, 0) is 57.3 Å². The van der Waals surface area contributed by atoms with Gasteiger partial charge in [0, 0.05) is 55.5 Å². The first kappa shape index (κ1) is 31.4. The van der Waals surface area contributed by atoms with Crippen LogP contribution < -0.4 is 4.74 Å². The van der Waals surface area contributed by atoms with E-state index in [1.54, 1.807) is 6.07 Å². The smallest absolute Gasteiger partial charge is 0.217 e. The van der Waals surface area contributed by atoms with Gasteiger partial charge in [0.05, 0.1) is 0 Å². The van der Waals surface area contributed by atoms with Gasteiger partial charge in [0.25, 0.3) is 0 Å². The number of phenols is 1. The summed E-state index contributed by atoms with van der Waals surface area (Å²) in [5, 5.41) is 13.7. The zero-order valence-corrected chi connectivity index (χ0v) is 29.0. The number of ether oxygens (including phenoxy) is 1. The first-order chi connectivity index (χ1) is 22.8. The number of phenolic OH excluding ortho intramolecular Hbond substituents is 1. The van der Waals surface area contributed by atoms with E-state index in [4.69, 9.17) is 14.7 Å². The third-order valence-electron chi connectivity index (χ3n) is 8.68. The number of benzene rings is 5. The number of para-hydroxylation sites is 1. The molecular formula is C42H32N3O2Pt-. The van der Waals surface area contributed by atoms with Crippen LogP contribution >= 0.6 is 0 Å². The Balaban J connectivity index is 0.00000364. The van der Waals surface area contributed by atoms with Crippen molar-refractivity contribution in [3.05, 3.63) is 145 Å². The quantitative estimate of drug-likeness (QED) is 0.176. The number of fused-ring (bicyclic) bond motifs is 4. The number of hydrogen-bond acceptors (Lipinski definition) is 4. The molecule has 48 heavy (non-hydrogen) atoms. The summed E-state index contributed by atoms with van der Waals surface area (Å²) in [5.41, 5.74) is 7.78. The fraction of sp³-hybridized carbons (Fsp3) is 0.0952. The minimum absolute atomic E-state index is 0. The van der Waals surface area contributed by atoms with Gasteiger partial charge < -0.3 is 14.4 Å². The van der Waals surface area contributed by atoms with Crippen LogP contribution in [0.1, 0.15) is 26.3 Å². The Hall–Kier alpha value is -5.25. The minimum Gasteiger partial charge on any atom is -0.506 e. The van der Waals surface area contributed by atoms with Gasteiger partial charge in [0.1, 0.15) is 17.1 Å². The van der Waals surface area contributed by atoms with E-state index in [0.29, 0.717) is 17.1 Å². The van der Waals surface area contributed by atoms with Crippen molar-refractivity contribution in [2.24, 2.45) is 0 Å². The molecule has 0 unspecified atom stereocenters. The molecule has 0 radical (unpaired) electrons. The van der Waals surface area contributed by atoms with Crippen LogP contribution in [-0.4, -0.2) is 19.6 Å². The maximum Gasteiger partial charge on any atom is 0.217 e. The number of nitrogens with zero attached hydrogens (tertiary/aromatic N) is 3. The van der Waals surface area contributed by atoms with Crippen LogP contribution in [-0.2, 0) is 26.5 Å². The molecule has 0 aliphatic carbocycles. The van der Waals surface area contributed by atoms with Crippen molar-refractivity contribution in [1.82, 2.24) is 14.5 Å². The maximum absolute atomic E-state index is 10.7. The second-order valence-electron chi connectivity index (χ2n) is 12.8. The van der Waals surface area contributed by atoms with Gasteiger partial charge in [0.15, 0.2) is 0 Å². The Morgan fingerprint density at radius 1 is 0.688 bits per heavy atom. The summed E-state index contributed by atoms with van der Waals surface area (Å²) in [4.78, 5) is 9.75. The monoisotopic (exact) mass is 805 g/mol. The second kappa shape index (κ2) is 12.4. The fourth-order valence-corrected chi connectivity index (χ4v) is 6.45. The van der Waals surface area contributed by atoms with E-state index < -0.39 is 0 Å². The average Bonchev–Trinajstić information content (AvgIpc) is 3.42. The first-order valence-corrected chi connectivity index (χ1v) is 15.7. The van der Waals surface area contributed by atoms with E-state index in [1.807, 2.05) is 48.7 Å². The molecule has 0 saturated heterocycles. The van der Waals surface area contributed by atoms with E-state index >= 15 is 0 Å². The number of aromatic nitrogens is 3. The van der Waals surface area contributed by atoms with Crippen molar-refractivity contribution in [1.29, 1.82) is 0 Å². The molecule has 238 valence electrons. The molecule has 8 rings (SSSR count). The number of pyridine rings is 2. The van der Waals surface area contributed by atoms with Crippen molar-refractivity contribution in [3.8, 4) is 45.5 Å². The Kier molecular flexibility index (Phi) is 8.10. The molecule has 0 aliphatic heterocycles. The average molecular weight is 806 g/mol. The third kappa shape index (κ3) is 5.55. The largest absolute Gasteiger partial charge is 0.506 e. The third-order valence-corrected chi connectivity index (χ3v) is 8.68. The first-order valence-electron chi connectivity index (χ1n) is 15.7. The van der Waals surface area contributed by atoms with Gasteiger partial charge in [-0.3, -0.25) is 0 Å². The van der Waals surface area contributed by atoms with Crippen LogP contribution in [0.3, 0.4) is 0 Å². The molecule has 3 aromatic heterocycles. The van der Waals surface area contributed by atoms with Crippen LogP contribution in [0.25, 0.3) is 60.8 Å². The second-order valence-corrected chi connectivity index (χ2v) is 12.8. The van der Waals surface area contributed by atoms with Crippen LogP contribution in [0.4, 0.5) is 0 Å². The van der Waals surface area contributed by atoms with E-state index in [1.165, 1.54) is 0 Å². The predicted octanol–water partition coefficient (Wildman–Crippen LogP) is 10.7. The Labute approximate surface area is 293 Å². The predicted molar refractivity (Wildman–Crippen MR) is 190 cm³/mol. The van der Waals surface area contributed by atoms with E-state index in [2.05, 4.69) is 110 Å². The maximum atomic E-state index is 10.7. The van der Waals surface area contributed by atoms with E-state index in [-0.39, 0.29) is 32.2 Å². The Morgan fingerprint density at radius 3 is 2.08 bits per heavy atom. The van der Waals surface area contributed by atoms with Crippen LogP contribution in [0.5, 0.6) is 17.4 Å². The Bertz CT molecular complexity index is 2430. The van der Waals surface area contributed by atoms with Crippen LogP contribution in [0.15, 0.2) is 134 Å². The van der Waals surface area contributed by atoms with Crippen LogP contribution in [0, 0.1) is 6.07 Å². The normalized spacial score (nSPS) is 11.6. The van der Waals surface area contributed by atoms with Crippen molar-refractivity contribution in [2.75, 3.05) is 0 Å². The molecule has 1 N–H and O–H groups in total. The van der Waals surface area contributed by atoms with Gasteiger partial charge in [-0.1, -0.05) is 111 Å². The molecule has 0 spiro atoms. The molecule has 8 aromatic rings.